The molecule has 2 nitrogen and oxygen atoms in total. The molecule has 0 spiro atoms. The van der Waals surface area contributed by atoms with Gasteiger partial charge in [-0.1, -0.05) is 25.8 Å². The third kappa shape index (κ3) is 4.47. The van der Waals surface area contributed by atoms with Gasteiger partial charge in [0.1, 0.15) is 11.9 Å². The molecule has 1 aliphatic carbocycles. The van der Waals surface area contributed by atoms with Crippen LogP contribution in [0.3, 0.4) is 0 Å². The summed E-state index contributed by atoms with van der Waals surface area (Å²) in [6.07, 6.45) is 7.88. The van der Waals surface area contributed by atoms with Gasteiger partial charge in [-0.3, -0.25) is 0 Å². The predicted molar refractivity (Wildman–Crippen MR) is 90.2 cm³/mol. The molecule has 2 unspecified atom stereocenters. The maximum atomic E-state index is 6.47. The Morgan fingerprint density at radius 2 is 1.86 bits per heavy atom. The van der Waals surface area contributed by atoms with Crippen molar-refractivity contribution in [1.82, 2.24) is 5.32 Å². The fraction of sp³-hybridized carbons (Fsp3) is 0.684. The zero-order valence-electron chi connectivity index (χ0n) is 14.2. The molecule has 2 heteroatoms. The van der Waals surface area contributed by atoms with Crippen molar-refractivity contribution in [3.63, 3.8) is 0 Å². The average molecular weight is 289 g/mol. The summed E-state index contributed by atoms with van der Waals surface area (Å²) in [6.45, 7) is 9.83. The molecule has 2 atom stereocenters. The maximum absolute atomic E-state index is 6.47. The lowest BCUT2D eigenvalue weighted by molar-refractivity contribution is 0.143. The van der Waals surface area contributed by atoms with Crippen molar-refractivity contribution in [3.8, 4) is 5.75 Å². The van der Waals surface area contributed by atoms with Gasteiger partial charge in [0.15, 0.2) is 0 Å². The second-order valence-electron chi connectivity index (χ2n) is 6.56. The Morgan fingerprint density at radius 1 is 1.10 bits per heavy atom. The number of hydrogen-bond donors (Lipinski definition) is 1. The first-order chi connectivity index (χ1) is 10.1. The van der Waals surface area contributed by atoms with Crippen LogP contribution in [0.4, 0.5) is 0 Å². The van der Waals surface area contributed by atoms with Crippen LogP contribution in [0.2, 0.25) is 0 Å². The van der Waals surface area contributed by atoms with Gasteiger partial charge in [0, 0.05) is 6.04 Å². The van der Waals surface area contributed by atoms with Crippen LogP contribution in [0.15, 0.2) is 12.1 Å². The highest BCUT2D eigenvalue weighted by Gasteiger charge is 2.25. The summed E-state index contributed by atoms with van der Waals surface area (Å²) in [5.41, 5.74) is 3.91. The highest BCUT2D eigenvalue weighted by Crippen LogP contribution is 2.28. The Kier molecular flexibility index (Phi) is 6.10. The van der Waals surface area contributed by atoms with E-state index in [9.17, 15) is 0 Å². The topological polar surface area (TPSA) is 21.3 Å². The SMILES string of the molecule is CCCNC1CCCCCC1Oc1cc(C)cc(C)c1C. The lowest BCUT2D eigenvalue weighted by Gasteiger charge is -2.28. The Hall–Kier alpha value is -1.02. The van der Waals surface area contributed by atoms with E-state index in [-0.39, 0.29) is 0 Å². The van der Waals surface area contributed by atoms with Crippen molar-refractivity contribution in [2.24, 2.45) is 0 Å². The largest absolute Gasteiger partial charge is 0.489 e. The van der Waals surface area contributed by atoms with Crippen LogP contribution in [0.25, 0.3) is 0 Å². The van der Waals surface area contributed by atoms with E-state index < -0.39 is 0 Å². The second kappa shape index (κ2) is 7.84. The molecule has 1 aromatic rings. The van der Waals surface area contributed by atoms with Crippen LogP contribution in [0, 0.1) is 20.8 Å². The number of nitrogens with one attached hydrogen (secondary N) is 1. The molecular formula is C19H31NO. The smallest absolute Gasteiger partial charge is 0.123 e. The Labute approximate surface area is 130 Å². The molecule has 1 saturated carbocycles. The molecule has 0 saturated heterocycles. The molecule has 2 rings (SSSR count). The zero-order valence-corrected chi connectivity index (χ0v) is 14.2. The quantitative estimate of drug-likeness (QED) is 0.794. The maximum Gasteiger partial charge on any atom is 0.123 e. The second-order valence-corrected chi connectivity index (χ2v) is 6.56. The van der Waals surface area contributed by atoms with E-state index in [1.165, 1.54) is 55.2 Å². The van der Waals surface area contributed by atoms with Crippen molar-refractivity contribution in [2.45, 2.75) is 78.4 Å². The van der Waals surface area contributed by atoms with Crippen LogP contribution >= 0.6 is 0 Å². The van der Waals surface area contributed by atoms with Crippen LogP contribution in [-0.4, -0.2) is 18.7 Å². The van der Waals surface area contributed by atoms with Crippen molar-refractivity contribution < 1.29 is 4.74 Å². The number of hydrogen-bond acceptors (Lipinski definition) is 2. The summed E-state index contributed by atoms with van der Waals surface area (Å²) in [6, 6.07) is 4.94. The normalized spacial score (nSPS) is 22.9. The van der Waals surface area contributed by atoms with E-state index in [0.29, 0.717) is 12.1 Å². The standard InChI is InChI=1S/C19H31NO/c1-5-11-20-17-9-7-6-8-10-18(17)21-19-13-14(2)12-15(3)16(19)4/h12-13,17-18,20H,5-11H2,1-4H3. The zero-order chi connectivity index (χ0) is 15.2. The van der Waals surface area contributed by atoms with Gasteiger partial charge < -0.3 is 10.1 Å². The molecule has 118 valence electrons. The number of aryl methyl sites for hydroxylation is 2. The highest BCUT2D eigenvalue weighted by molar-refractivity contribution is 5.42. The van der Waals surface area contributed by atoms with Crippen molar-refractivity contribution in [3.05, 3.63) is 28.8 Å². The van der Waals surface area contributed by atoms with Gasteiger partial charge in [0.2, 0.25) is 0 Å². The molecule has 21 heavy (non-hydrogen) atoms. The molecule has 0 radical (unpaired) electrons. The van der Waals surface area contributed by atoms with Crippen molar-refractivity contribution >= 4 is 0 Å². The third-order valence-corrected chi connectivity index (χ3v) is 4.65. The molecule has 0 aromatic heterocycles. The monoisotopic (exact) mass is 289 g/mol. The summed E-state index contributed by atoms with van der Waals surface area (Å²) in [5, 5.41) is 3.71. The minimum Gasteiger partial charge on any atom is -0.489 e. The lowest BCUT2D eigenvalue weighted by Crippen LogP contribution is -2.42. The lowest BCUT2D eigenvalue weighted by atomic mass is 10.0. The first-order valence-electron chi connectivity index (χ1n) is 8.59. The molecule has 1 fully saturated rings. The Morgan fingerprint density at radius 3 is 2.62 bits per heavy atom. The molecule has 0 heterocycles. The van der Waals surface area contributed by atoms with Gasteiger partial charge in [0.05, 0.1) is 0 Å². The van der Waals surface area contributed by atoms with E-state index in [2.05, 4.69) is 45.1 Å². The molecular weight excluding hydrogens is 258 g/mol. The van der Waals surface area contributed by atoms with Crippen molar-refractivity contribution in [2.75, 3.05) is 6.54 Å². The summed E-state index contributed by atoms with van der Waals surface area (Å²) >= 11 is 0. The average Bonchev–Trinajstić information content (AvgIpc) is 2.67. The minimum atomic E-state index is 0.318. The molecule has 1 aliphatic rings. The fourth-order valence-electron chi connectivity index (χ4n) is 3.26. The minimum absolute atomic E-state index is 0.318. The van der Waals surface area contributed by atoms with E-state index in [1.807, 2.05) is 0 Å². The van der Waals surface area contributed by atoms with Crippen LogP contribution < -0.4 is 10.1 Å². The van der Waals surface area contributed by atoms with E-state index in [0.717, 1.165) is 12.3 Å². The Balaban J connectivity index is 2.14. The van der Waals surface area contributed by atoms with Crippen LogP contribution in [-0.2, 0) is 0 Å². The summed E-state index contributed by atoms with van der Waals surface area (Å²) in [4.78, 5) is 0. The van der Waals surface area contributed by atoms with Gasteiger partial charge in [-0.15, -0.1) is 0 Å². The number of rotatable bonds is 5. The van der Waals surface area contributed by atoms with Gasteiger partial charge in [-0.2, -0.15) is 0 Å². The van der Waals surface area contributed by atoms with Crippen LogP contribution in [0.1, 0.15) is 62.1 Å². The molecule has 0 amide bonds. The van der Waals surface area contributed by atoms with E-state index >= 15 is 0 Å². The molecule has 1 N–H and O–H groups in total. The molecule has 0 bridgehead atoms. The fourth-order valence-corrected chi connectivity index (χ4v) is 3.26. The van der Waals surface area contributed by atoms with Gasteiger partial charge in [-0.25, -0.2) is 0 Å². The number of benzene rings is 1. The predicted octanol–water partition coefficient (Wildman–Crippen LogP) is 4.69. The molecule has 0 aliphatic heterocycles. The third-order valence-electron chi connectivity index (χ3n) is 4.65. The first-order valence-corrected chi connectivity index (χ1v) is 8.59. The van der Waals surface area contributed by atoms with Gasteiger partial charge in [-0.05, 0) is 75.8 Å². The molecule has 1 aromatic carbocycles. The summed E-state index contributed by atoms with van der Waals surface area (Å²) in [5.74, 6) is 1.09. The van der Waals surface area contributed by atoms with Gasteiger partial charge >= 0.3 is 0 Å². The summed E-state index contributed by atoms with van der Waals surface area (Å²) < 4.78 is 6.47. The number of ether oxygens (including phenoxy) is 1. The van der Waals surface area contributed by atoms with Crippen molar-refractivity contribution in [1.29, 1.82) is 0 Å². The summed E-state index contributed by atoms with van der Waals surface area (Å²) in [7, 11) is 0. The van der Waals surface area contributed by atoms with E-state index in [1.54, 1.807) is 0 Å². The van der Waals surface area contributed by atoms with Gasteiger partial charge in [0.25, 0.3) is 0 Å². The highest BCUT2D eigenvalue weighted by atomic mass is 16.5. The Bertz CT molecular complexity index is 455. The van der Waals surface area contributed by atoms with Crippen LogP contribution in [0.5, 0.6) is 5.75 Å². The van der Waals surface area contributed by atoms with E-state index in [4.69, 9.17) is 4.74 Å². The first kappa shape index (κ1) is 16.4.